The van der Waals surface area contributed by atoms with Crippen molar-refractivity contribution >= 4 is 39.1 Å². The molecule has 4 nitrogen and oxygen atoms in total. The Morgan fingerprint density at radius 1 is 1.38 bits per heavy atom. The van der Waals surface area contributed by atoms with Crippen molar-refractivity contribution < 1.29 is 14.7 Å². The normalized spacial score (nSPS) is 29.8. The number of allylic oxidation sites excluding steroid dienone is 2. The average Bonchev–Trinajstić information content (AvgIpc) is 3.12. The third-order valence-electron chi connectivity index (χ3n) is 4.45. The molecule has 0 saturated heterocycles. The molecule has 1 aromatic heterocycles. The molecule has 3 rings (SSSR count). The lowest BCUT2D eigenvalue weighted by Gasteiger charge is -2.28. The van der Waals surface area contributed by atoms with Crippen LogP contribution in [-0.2, 0) is 16.1 Å². The molecule has 21 heavy (non-hydrogen) atoms. The van der Waals surface area contributed by atoms with Gasteiger partial charge in [0.1, 0.15) is 0 Å². The summed E-state index contributed by atoms with van der Waals surface area (Å²) in [5.74, 6) is -1.78. The van der Waals surface area contributed by atoms with Crippen LogP contribution in [0.5, 0.6) is 0 Å². The molecule has 0 radical (unpaired) electrons. The molecule has 0 aliphatic heterocycles. The molecule has 2 bridgehead atoms. The summed E-state index contributed by atoms with van der Waals surface area (Å²) >= 11 is 4.99. The number of amides is 1. The van der Waals surface area contributed by atoms with Gasteiger partial charge in [0, 0.05) is 13.6 Å². The Bertz CT molecular complexity index is 612. The first kappa shape index (κ1) is 14.8. The highest BCUT2D eigenvalue weighted by atomic mass is 79.9. The summed E-state index contributed by atoms with van der Waals surface area (Å²) in [5.41, 5.74) is 1.06. The number of aliphatic carboxylic acids is 1. The second-order valence-electron chi connectivity index (χ2n) is 5.79. The van der Waals surface area contributed by atoms with Crippen molar-refractivity contribution in [3.63, 3.8) is 0 Å². The fourth-order valence-electron chi connectivity index (χ4n) is 3.53. The van der Waals surface area contributed by atoms with E-state index < -0.39 is 17.8 Å². The number of carbonyl (C=O) groups excluding carboxylic acids is 1. The summed E-state index contributed by atoms with van der Waals surface area (Å²) in [4.78, 5) is 25.8. The van der Waals surface area contributed by atoms with Crippen molar-refractivity contribution in [1.82, 2.24) is 4.90 Å². The van der Waals surface area contributed by atoms with E-state index in [0.29, 0.717) is 6.54 Å². The first-order chi connectivity index (χ1) is 9.97. The molecular formula is C15H16BrNO3S. The third kappa shape index (κ3) is 2.66. The van der Waals surface area contributed by atoms with Crippen molar-refractivity contribution in [3.8, 4) is 0 Å². The minimum absolute atomic E-state index is 0.0186. The molecule has 1 amide bonds. The number of nitrogens with zero attached hydrogens (tertiary/aromatic N) is 1. The van der Waals surface area contributed by atoms with Crippen LogP contribution in [0.2, 0.25) is 0 Å². The highest BCUT2D eigenvalue weighted by Gasteiger charge is 2.52. The molecule has 1 heterocycles. The topological polar surface area (TPSA) is 57.6 Å². The maximum atomic E-state index is 12.7. The summed E-state index contributed by atoms with van der Waals surface area (Å²) in [7, 11) is 1.75. The number of hydrogen-bond donors (Lipinski definition) is 1. The highest BCUT2D eigenvalue weighted by Crippen LogP contribution is 2.48. The van der Waals surface area contributed by atoms with Gasteiger partial charge in [0.25, 0.3) is 0 Å². The van der Waals surface area contributed by atoms with E-state index in [-0.39, 0.29) is 17.7 Å². The van der Waals surface area contributed by atoms with E-state index in [1.807, 2.05) is 23.6 Å². The third-order valence-corrected chi connectivity index (χ3v) is 6.00. The first-order valence-electron chi connectivity index (χ1n) is 6.86. The Hall–Kier alpha value is -1.14. The smallest absolute Gasteiger partial charge is 0.307 e. The highest BCUT2D eigenvalue weighted by molar-refractivity contribution is 9.11. The van der Waals surface area contributed by atoms with Crippen molar-refractivity contribution in [2.45, 2.75) is 13.0 Å². The molecule has 1 aromatic rings. The zero-order chi connectivity index (χ0) is 15.1. The van der Waals surface area contributed by atoms with Crippen LogP contribution in [0.15, 0.2) is 27.4 Å². The molecule has 112 valence electrons. The molecule has 2 aliphatic rings. The summed E-state index contributed by atoms with van der Waals surface area (Å²) in [6.45, 7) is 0.519. The van der Waals surface area contributed by atoms with E-state index in [1.165, 1.54) is 0 Å². The maximum absolute atomic E-state index is 12.7. The van der Waals surface area contributed by atoms with Crippen LogP contribution in [0.1, 0.15) is 12.0 Å². The fraction of sp³-hybridized carbons (Fsp3) is 0.467. The number of rotatable bonds is 4. The van der Waals surface area contributed by atoms with Crippen molar-refractivity contribution in [2.75, 3.05) is 7.05 Å². The van der Waals surface area contributed by atoms with E-state index in [1.54, 1.807) is 23.3 Å². The summed E-state index contributed by atoms with van der Waals surface area (Å²) < 4.78 is 1.03. The van der Waals surface area contributed by atoms with Crippen LogP contribution in [0, 0.1) is 23.7 Å². The van der Waals surface area contributed by atoms with E-state index in [9.17, 15) is 14.7 Å². The summed E-state index contributed by atoms with van der Waals surface area (Å²) in [6, 6.07) is 1.99. The predicted octanol–water partition coefficient (Wildman–Crippen LogP) is 2.99. The van der Waals surface area contributed by atoms with Gasteiger partial charge in [0.2, 0.25) is 5.91 Å². The van der Waals surface area contributed by atoms with Crippen molar-refractivity contribution in [1.29, 1.82) is 0 Å². The van der Waals surface area contributed by atoms with Gasteiger partial charge in [-0.3, -0.25) is 9.59 Å². The SMILES string of the molecule is CN(Cc1csc(Br)c1)C(=O)C1C2C=CC(C2)C1C(=O)O. The fourth-order valence-corrected chi connectivity index (χ4v) is 4.73. The molecule has 1 saturated carbocycles. The van der Waals surface area contributed by atoms with Gasteiger partial charge in [0.05, 0.1) is 15.6 Å². The van der Waals surface area contributed by atoms with E-state index >= 15 is 0 Å². The van der Waals surface area contributed by atoms with Crippen LogP contribution in [0.25, 0.3) is 0 Å². The molecule has 1 fully saturated rings. The van der Waals surface area contributed by atoms with Crippen LogP contribution >= 0.6 is 27.3 Å². The Labute approximate surface area is 135 Å². The maximum Gasteiger partial charge on any atom is 0.307 e. The number of carbonyl (C=O) groups is 2. The quantitative estimate of drug-likeness (QED) is 0.829. The van der Waals surface area contributed by atoms with Gasteiger partial charge in [0.15, 0.2) is 0 Å². The van der Waals surface area contributed by atoms with Gasteiger partial charge < -0.3 is 10.0 Å². The number of carboxylic acid groups (broad SMARTS) is 1. The first-order valence-corrected chi connectivity index (χ1v) is 8.53. The molecule has 4 unspecified atom stereocenters. The summed E-state index contributed by atoms with van der Waals surface area (Å²) in [5, 5.41) is 11.4. The Balaban J connectivity index is 1.74. The number of thiophene rings is 1. The Morgan fingerprint density at radius 3 is 2.62 bits per heavy atom. The minimum atomic E-state index is -0.850. The monoisotopic (exact) mass is 369 g/mol. The van der Waals surface area contributed by atoms with Gasteiger partial charge >= 0.3 is 5.97 Å². The molecule has 0 aromatic carbocycles. The lowest BCUT2D eigenvalue weighted by atomic mass is 9.82. The van der Waals surface area contributed by atoms with Crippen LogP contribution in [0.4, 0.5) is 0 Å². The molecular weight excluding hydrogens is 354 g/mol. The van der Waals surface area contributed by atoms with Crippen LogP contribution in [-0.4, -0.2) is 28.9 Å². The summed E-state index contributed by atoms with van der Waals surface area (Å²) in [6.07, 6.45) is 4.77. The van der Waals surface area contributed by atoms with E-state index in [4.69, 9.17) is 0 Å². The number of fused-ring (bicyclic) bond motifs is 2. The molecule has 1 N–H and O–H groups in total. The molecule has 4 atom stereocenters. The lowest BCUT2D eigenvalue weighted by molar-refractivity contribution is -0.150. The molecule has 6 heteroatoms. The standard InChI is InChI=1S/C15H16BrNO3S/c1-17(6-8-4-11(16)21-7-8)14(18)12-9-2-3-10(5-9)13(12)15(19)20/h2-4,7,9-10,12-13H,5-6H2,1H3,(H,19,20). The van der Waals surface area contributed by atoms with Crippen LogP contribution in [0.3, 0.4) is 0 Å². The predicted molar refractivity (Wildman–Crippen MR) is 83.8 cm³/mol. The molecule has 0 spiro atoms. The second-order valence-corrected chi connectivity index (χ2v) is 8.08. The lowest BCUT2D eigenvalue weighted by Crippen LogP contribution is -2.40. The van der Waals surface area contributed by atoms with Crippen LogP contribution < -0.4 is 0 Å². The Morgan fingerprint density at radius 2 is 2.05 bits per heavy atom. The minimum Gasteiger partial charge on any atom is -0.481 e. The van der Waals surface area contributed by atoms with Gasteiger partial charge in [-0.1, -0.05) is 12.2 Å². The second kappa shape index (κ2) is 5.57. The Kier molecular flexibility index (Phi) is 3.92. The van der Waals surface area contributed by atoms with Crippen molar-refractivity contribution in [3.05, 3.63) is 32.9 Å². The number of halogens is 1. The molecule has 2 aliphatic carbocycles. The number of hydrogen-bond acceptors (Lipinski definition) is 3. The van der Waals surface area contributed by atoms with Gasteiger partial charge in [-0.2, -0.15) is 0 Å². The van der Waals surface area contributed by atoms with Gasteiger partial charge in [-0.05, 0) is 51.2 Å². The van der Waals surface area contributed by atoms with E-state index in [2.05, 4.69) is 15.9 Å². The van der Waals surface area contributed by atoms with Gasteiger partial charge in [-0.25, -0.2) is 0 Å². The van der Waals surface area contributed by atoms with Gasteiger partial charge in [-0.15, -0.1) is 11.3 Å². The zero-order valence-electron chi connectivity index (χ0n) is 11.5. The average molecular weight is 370 g/mol. The van der Waals surface area contributed by atoms with Crippen molar-refractivity contribution in [2.24, 2.45) is 23.7 Å². The van der Waals surface area contributed by atoms with E-state index in [0.717, 1.165) is 15.8 Å². The number of carboxylic acids is 1. The largest absolute Gasteiger partial charge is 0.481 e. The zero-order valence-corrected chi connectivity index (χ0v) is 13.9.